The van der Waals surface area contributed by atoms with Gasteiger partial charge in [0.1, 0.15) is 6.61 Å². The maximum atomic E-state index is 13.0. The fourth-order valence-electron chi connectivity index (χ4n) is 4.61. The second-order valence-corrected chi connectivity index (χ2v) is 9.15. The molecule has 5 rings (SSSR count). The van der Waals surface area contributed by atoms with Crippen molar-refractivity contribution < 1.29 is 29.3 Å². The average molecular weight is 494 g/mol. The number of hydrogen-bond donors (Lipinski definition) is 3. The van der Waals surface area contributed by atoms with Gasteiger partial charge in [-0.15, -0.1) is 0 Å². The van der Waals surface area contributed by atoms with Gasteiger partial charge in [0, 0.05) is 36.3 Å². The molecule has 9 nitrogen and oxygen atoms in total. The maximum absolute atomic E-state index is 13.0. The first-order valence-electron chi connectivity index (χ1n) is 11.7. The number of amides is 1. The fraction of sp³-hybridized carbons (Fsp3) is 0.542. The Morgan fingerprint density at radius 1 is 1.15 bits per heavy atom. The van der Waals surface area contributed by atoms with Crippen LogP contribution in [0.5, 0.6) is 5.75 Å². The number of aliphatic carboxylic acids is 2. The molecule has 1 unspecified atom stereocenters. The number of nitrogens with one attached hydrogen (secondary N) is 1. The summed E-state index contributed by atoms with van der Waals surface area (Å²) in [6, 6.07) is 3.91. The van der Waals surface area contributed by atoms with Crippen molar-refractivity contribution in [3.05, 3.63) is 34.9 Å². The molecule has 2 bridgehead atoms. The minimum Gasteiger partial charge on any atom is -0.489 e. The first-order chi connectivity index (χ1) is 16.3. The first kappa shape index (κ1) is 25.8. The highest BCUT2D eigenvalue weighted by Crippen LogP contribution is 2.38. The Kier molecular flexibility index (Phi) is 9.18. The van der Waals surface area contributed by atoms with Crippen molar-refractivity contribution in [1.29, 1.82) is 0 Å². The van der Waals surface area contributed by atoms with Crippen LogP contribution in [-0.4, -0.2) is 78.3 Å². The second-order valence-electron chi connectivity index (χ2n) is 8.72. The number of fused-ring (bicyclic) bond motifs is 4. The molecular formula is C24H32ClN3O6. The van der Waals surface area contributed by atoms with Crippen molar-refractivity contribution in [2.24, 2.45) is 5.92 Å². The van der Waals surface area contributed by atoms with E-state index in [0.29, 0.717) is 41.0 Å². The molecule has 0 saturated carbocycles. The van der Waals surface area contributed by atoms with Crippen molar-refractivity contribution in [2.45, 2.75) is 38.6 Å². The Bertz CT molecular complexity index is 914. The zero-order chi connectivity index (χ0) is 24.7. The number of nitrogens with zero attached hydrogens (tertiary/aromatic N) is 2. The minimum atomic E-state index is -1.26. The molecule has 4 heterocycles. The van der Waals surface area contributed by atoms with Crippen LogP contribution in [0.15, 0.2) is 24.3 Å². The topological polar surface area (TPSA) is 119 Å². The van der Waals surface area contributed by atoms with Gasteiger partial charge in [-0.1, -0.05) is 24.9 Å². The van der Waals surface area contributed by atoms with Crippen molar-refractivity contribution in [3.8, 4) is 5.75 Å². The summed E-state index contributed by atoms with van der Waals surface area (Å²) in [6.07, 6.45) is 5.73. The lowest BCUT2D eigenvalue weighted by Gasteiger charge is -2.45. The first-order valence-corrected chi connectivity index (χ1v) is 12.0. The van der Waals surface area contributed by atoms with Crippen LogP contribution in [0.25, 0.3) is 0 Å². The maximum Gasteiger partial charge on any atom is 0.328 e. The van der Waals surface area contributed by atoms with Gasteiger partial charge < -0.3 is 30.1 Å². The van der Waals surface area contributed by atoms with E-state index in [1.807, 2.05) is 6.07 Å². The lowest BCUT2D eigenvalue weighted by atomic mass is 9.84. The Labute approximate surface area is 204 Å². The summed E-state index contributed by atoms with van der Waals surface area (Å²) in [7, 11) is 0. The summed E-state index contributed by atoms with van der Waals surface area (Å²) in [6.45, 7) is 7.90. The third kappa shape index (κ3) is 6.87. The number of anilines is 1. The summed E-state index contributed by atoms with van der Waals surface area (Å²) >= 11 is 6.36. The minimum absolute atomic E-state index is 0.0557. The van der Waals surface area contributed by atoms with E-state index < -0.39 is 11.9 Å². The van der Waals surface area contributed by atoms with Gasteiger partial charge in [-0.2, -0.15) is 0 Å². The van der Waals surface area contributed by atoms with Crippen LogP contribution in [0.2, 0.25) is 5.02 Å². The molecule has 0 spiro atoms. The highest BCUT2D eigenvalue weighted by atomic mass is 35.5. The molecule has 186 valence electrons. The summed E-state index contributed by atoms with van der Waals surface area (Å²) < 4.78 is 5.92. The monoisotopic (exact) mass is 493 g/mol. The Morgan fingerprint density at radius 2 is 1.82 bits per heavy atom. The molecule has 0 aliphatic carbocycles. The molecule has 0 aromatic heterocycles. The molecule has 10 heteroatoms. The van der Waals surface area contributed by atoms with Gasteiger partial charge in [0.25, 0.3) is 5.91 Å². The number of carbonyl (C=O) groups is 3. The van der Waals surface area contributed by atoms with E-state index in [1.165, 1.54) is 25.9 Å². The number of halogens is 1. The second kappa shape index (κ2) is 12.1. The third-order valence-corrected chi connectivity index (χ3v) is 6.57. The Balaban J connectivity index is 0.000000350. The van der Waals surface area contributed by atoms with Gasteiger partial charge in [0.2, 0.25) is 0 Å². The zero-order valence-electron chi connectivity index (χ0n) is 19.3. The number of carboxylic acid groups (broad SMARTS) is 2. The van der Waals surface area contributed by atoms with E-state index in [-0.39, 0.29) is 11.9 Å². The molecule has 3 fully saturated rings. The zero-order valence-corrected chi connectivity index (χ0v) is 20.1. The third-order valence-electron chi connectivity index (χ3n) is 6.35. The van der Waals surface area contributed by atoms with Gasteiger partial charge in [-0.3, -0.25) is 4.79 Å². The van der Waals surface area contributed by atoms with Crippen LogP contribution in [-0.2, 0) is 9.59 Å². The van der Waals surface area contributed by atoms with E-state index in [4.69, 9.17) is 26.6 Å². The molecule has 1 amide bonds. The van der Waals surface area contributed by atoms with E-state index in [9.17, 15) is 14.4 Å². The molecule has 1 aromatic rings. The van der Waals surface area contributed by atoms with Gasteiger partial charge in [-0.05, 0) is 50.4 Å². The van der Waals surface area contributed by atoms with Crippen LogP contribution < -0.4 is 15.0 Å². The van der Waals surface area contributed by atoms with E-state index >= 15 is 0 Å². The number of benzene rings is 1. The average Bonchev–Trinajstić information content (AvgIpc) is 2.82. The quantitative estimate of drug-likeness (QED) is 0.496. The van der Waals surface area contributed by atoms with Crippen molar-refractivity contribution in [2.75, 3.05) is 44.2 Å². The summed E-state index contributed by atoms with van der Waals surface area (Å²) in [4.78, 5) is 36.9. The molecule has 3 saturated heterocycles. The molecule has 4 aliphatic heterocycles. The number of carbonyl (C=O) groups excluding carboxylic acids is 1. The van der Waals surface area contributed by atoms with Crippen molar-refractivity contribution in [1.82, 2.24) is 10.2 Å². The largest absolute Gasteiger partial charge is 0.489 e. The Morgan fingerprint density at radius 3 is 2.38 bits per heavy atom. The van der Waals surface area contributed by atoms with E-state index in [0.717, 1.165) is 38.2 Å². The van der Waals surface area contributed by atoms with E-state index in [2.05, 4.69) is 22.0 Å². The normalized spacial score (nSPS) is 22.9. The summed E-state index contributed by atoms with van der Waals surface area (Å²) in [5.41, 5.74) is 1.53. The lowest BCUT2D eigenvalue weighted by Crippen LogP contribution is -2.57. The fourth-order valence-corrected chi connectivity index (χ4v) is 4.82. The molecule has 34 heavy (non-hydrogen) atoms. The van der Waals surface area contributed by atoms with Gasteiger partial charge in [0.15, 0.2) is 5.75 Å². The van der Waals surface area contributed by atoms with Crippen molar-refractivity contribution in [3.63, 3.8) is 0 Å². The highest BCUT2D eigenvalue weighted by molar-refractivity contribution is 6.31. The van der Waals surface area contributed by atoms with E-state index in [1.54, 1.807) is 6.07 Å². The predicted molar refractivity (Wildman–Crippen MR) is 129 cm³/mol. The van der Waals surface area contributed by atoms with Gasteiger partial charge in [0.05, 0.1) is 17.8 Å². The summed E-state index contributed by atoms with van der Waals surface area (Å²) in [5, 5.41) is 19.5. The van der Waals surface area contributed by atoms with Crippen LogP contribution in [0, 0.1) is 5.92 Å². The molecule has 3 N–H and O–H groups in total. The van der Waals surface area contributed by atoms with Crippen LogP contribution in [0.4, 0.5) is 5.69 Å². The predicted octanol–water partition coefficient (Wildman–Crippen LogP) is 2.87. The van der Waals surface area contributed by atoms with Crippen LogP contribution >= 0.6 is 11.6 Å². The van der Waals surface area contributed by atoms with Gasteiger partial charge in [-0.25, -0.2) is 9.59 Å². The number of unbranched alkanes of at least 4 members (excludes halogenated alkanes) is 1. The van der Waals surface area contributed by atoms with Crippen molar-refractivity contribution >= 4 is 35.1 Å². The summed E-state index contributed by atoms with van der Waals surface area (Å²) in [5.74, 6) is -1.28. The molecular weight excluding hydrogens is 462 g/mol. The molecule has 1 aromatic carbocycles. The lowest BCUT2D eigenvalue weighted by molar-refractivity contribution is -0.134. The number of carboxylic acids is 2. The molecule has 4 aliphatic rings. The highest BCUT2D eigenvalue weighted by Gasteiger charge is 2.36. The number of hydrogen-bond acceptors (Lipinski definition) is 6. The molecule has 0 radical (unpaired) electrons. The van der Waals surface area contributed by atoms with Gasteiger partial charge >= 0.3 is 11.9 Å². The number of rotatable bonds is 7. The van der Waals surface area contributed by atoms with Crippen LogP contribution in [0.3, 0.4) is 0 Å². The smallest absolute Gasteiger partial charge is 0.328 e. The Hall–Kier alpha value is -2.78. The number of ether oxygens (including phenoxy) is 1. The van der Waals surface area contributed by atoms with Crippen LogP contribution in [0.1, 0.15) is 43.0 Å². The number of piperidine rings is 3. The standard InChI is InChI=1S/C20H28ClN3O2.C4H4O4/c1-2-3-6-24-9-10-26-19-16(11-15(21)12-18(19)24)20(25)22-17-13-23-7-4-14(17)5-8-23;5-3(6)1-2-4(7)8/h11-12,14,17H,2-10,13H2,1H3,(H,22,25);1-2H,(H,5,6)(H,7,8)/b;2-1+. The SMILES string of the molecule is CCCCN1CCOc2c(C(=O)NC3CN4CCC3CC4)cc(Cl)cc21.O=C(O)/C=C/C(=O)O. The molecule has 1 atom stereocenters.